The maximum Gasteiger partial charge on any atom is 0.387 e. The second-order valence-electron chi connectivity index (χ2n) is 7.22. The Hall–Kier alpha value is -4.11. The summed E-state index contributed by atoms with van der Waals surface area (Å²) in [6.45, 7) is -1.13. The molecule has 172 valence electrons. The molecule has 1 aromatic heterocycles. The van der Waals surface area contributed by atoms with Gasteiger partial charge < -0.3 is 10.1 Å². The van der Waals surface area contributed by atoms with Crippen molar-refractivity contribution in [1.82, 2.24) is 4.98 Å². The maximum absolute atomic E-state index is 12.8. The fourth-order valence-corrected chi connectivity index (χ4v) is 3.89. The quantitative estimate of drug-likeness (QED) is 0.330. The van der Waals surface area contributed by atoms with Gasteiger partial charge in [-0.15, -0.1) is 11.3 Å². The molecule has 0 aliphatic carbocycles. The fourth-order valence-electron chi connectivity index (χ4n) is 3.18. The average Bonchev–Trinajstić information content (AvgIpc) is 3.29. The van der Waals surface area contributed by atoms with Crippen LogP contribution in [0.2, 0.25) is 0 Å². The molecule has 34 heavy (non-hydrogen) atoms. The minimum absolute atomic E-state index is 0.00184. The summed E-state index contributed by atoms with van der Waals surface area (Å²) in [6, 6.07) is 20.0. The van der Waals surface area contributed by atoms with Crippen LogP contribution in [0.15, 0.2) is 78.2 Å². The first-order valence-corrected chi connectivity index (χ1v) is 11.1. The summed E-state index contributed by atoms with van der Waals surface area (Å²) in [5.74, 6) is -0.707. The third kappa shape index (κ3) is 5.44. The predicted molar refractivity (Wildman–Crippen MR) is 128 cm³/mol. The van der Waals surface area contributed by atoms with Crippen LogP contribution in [0.4, 0.5) is 19.6 Å². The van der Waals surface area contributed by atoms with E-state index in [0.29, 0.717) is 33.2 Å². The van der Waals surface area contributed by atoms with E-state index in [4.69, 9.17) is 0 Å². The number of amides is 2. The molecule has 0 atom stereocenters. The molecule has 0 bridgehead atoms. The van der Waals surface area contributed by atoms with E-state index in [9.17, 15) is 18.4 Å². The van der Waals surface area contributed by atoms with E-state index >= 15 is 0 Å². The number of aryl methyl sites for hydroxylation is 1. The van der Waals surface area contributed by atoms with Gasteiger partial charge in [0, 0.05) is 27.8 Å². The van der Waals surface area contributed by atoms with Gasteiger partial charge in [0.25, 0.3) is 11.8 Å². The lowest BCUT2D eigenvalue weighted by molar-refractivity contribution is -0.0494. The van der Waals surface area contributed by atoms with Crippen LogP contribution >= 0.6 is 11.3 Å². The Morgan fingerprint density at radius 1 is 0.912 bits per heavy atom. The molecule has 6 nitrogen and oxygen atoms in total. The van der Waals surface area contributed by atoms with E-state index < -0.39 is 12.5 Å². The number of halogens is 2. The fraction of sp³-hybridized carbons (Fsp3) is 0.0800. The van der Waals surface area contributed by atoms with Crippen molar-refractivity contribution < 1.29 is 23.1 Å². The van der Waals surface area contributed by atoms with Gasteiger partial charge in [0.2, 0.25) is 0 Å². The molecule has 0 aliphatic heterocycles. The van der Waals surface area contributed by atoms with Crippen molar-refractivity contribution in [3.8, 4) is 17.0 Å². The lowest BCUT2D eigenvalue weighted by Gasteiger charge is -2.11. The Balaban J connectivity index is 1.50. The number of nitrogens with one attached hydrogen (secondary N) is 2. The van der Waals surface area contributed by atoms with E-state index in [2.05, 4.69) is 20.4 Å². The Kier molecular flexibility index (Phi) is 6.93. The molecule has 0 aliphatic rings. The van der Waals surface area contributed by atoms with Crippen molar-refractivity contribution in [3.05, 3.63) is 94.9 Å². The van der Waals surface area contributed by atoms with E-state index in [1.807, 2.05) is 13.0 Å². The van der Waals surface area contributed by atoms with Gasteiger partial charge in [-0.25, -0.2) is 4.98 Å². The first-order chi connectivity index (χ1) is 16.4. The normalized spacial score (nSPS) is 10.7. The van der Waals surface area contributed by atoms with Gasteiger partial charge in [-0.1, -0.05) is 36.4 Å². The van der Waals surface area contributed by atoms with Gasteiger partial charge in [0.1, 0.15) is 5.75 Å². The highest BCUT2D eigenvalue weighted by Gasteiger charge is 2.16. The largest absolute Gasteiger partial charge is 0.434 e. The summed E-state index contributed by atoms with van der Waals surface area (Å²) in [5.41, 5.74) is 2.93. The third-order valence-corrected chi connectivity index (χ3v) is 5.65. The van der Waals surface area contributed by atoms with Gasteiger partial charge in [-0.3, -0.25) is 14.9 Å². The molecule has 0 saturated heterocycles. The lowest BCUT2D eigenvalue weighted by atomic mass is 10.1. The number of hydrogen-bond acceptors (Lipinski definition) is 5. The molecule has 2 N–H and O–H groups in total. The van der Waals surface area contributed by atoms with Crippen molar-refractivity contribution >= 4 is 34.0 Å². The zero-order chi connectivity index (χ0) is 24.1. The van der Waals surface area contributed by atoms with Crippen molar-refractivity contribution in [2.45, 2.75) is 13.5 Å². The van der Waals surface area contributed by atoms with Crippen molar-refractivity contribution in [1.29, 1.82) is 0 Å². The second-order valence-corrected chi connectivity index (χ2v) is 8.07. The first kappa shape index (κ1) is 23.1. The van der Waals surface area contributed by atoms with Crippen molar-refractivity contribution in [2.24, 2.45) is 0 Å². The molecule has 2 amide bonds. The molecule has 4 aromatic rings. The Morgan fingerprint density at radius 2 is 1.62 bits per heavy atom. The Bertz CT molecular complexity index is 1330. The van der Waals surface area contributed by atoms with Gasteiger partial charge in [-0.2, -0.15) is 8.78 Å². The Morgan fingerprint density at radius 3 is 2.38 bits per heavy atom. The molecule has 9 heteroatoms. The zero-order valence-corrected chi connectivity index (χ0v) is 18.7. The van der Waals surface area contributed by atoms with Gasteiger partial charge in [0.15, 0.2) is 5.13 Å². The van der Waals surface area contributed by atoms with Crippen LogP contribution in [-0.2, 0) is 0 Å². The summed E-state index contributed by atoms with van der Waals surface area (Å²) in [4.78, 5) is 29.6. The van der Waals surface area contributed by atoms with Crippen LogP contribution in [0.25, 0.3) is 11.3 Å². The monoisotopic (exact) mass is 479 g/mol. The minimum Gasteiger partial charge on any atom is -0.434 e. The number of thiazole rings is 1. The average molecular weight is 480 g/mol. The molecular weight excluding hydrogens is 460 g/mol. The molecule has 0 unspecified atom stereocenters. The number of benzene rings is 3. The van der Waals surface area contributed by atoms with Crippen LogP contribution in [0.1, 0.15) is 26.3 Å². The van der Waals surface area contributed by atoms with Crippen LogP contribution in [0.3, 0.4) is 0 Å². The van der Waals surface area contributed by atoms with Crippen LogP contribution in [0, 0.1) is 6.92 Å². The van der Waals surface area contributed by atoms with E-state index in [1.165, 1.54) is 6.07 Å². The molecule has 0 radical (unpaired) electrons. The minimum atomic E-state index is -2.96. The highest BCUT2D eigenvalue weighted by atomic mass is 32.1. The number of para-hydroxylation sites is 1. The molecular formula is C25H19F2N3O3S. The Labute approximate surface area is 198 Å². The smallest absolute Gasteiger partial charge is 0.387 e. The van der Waals surface area contributed by atoms with Crippen molar-refractivity contribution in [3.63, 3.8) is 0 Å². The second kappa shape index (κ2) is 10.2. The molecule has 0 spiro atoms. The number of carbonyl (C=O) groups is 2. The van der Waals surface area contributed by atoms with E-state index in [1.54, 1.807) is 66.0 Å². The number of rotatable bonds is 7. The number of ether oxygens (including phenoxy) is 1. The number of anilines is 2. The standard InChI is InChI=1S/C25H19F2N3O3S/c1-15-11-12-17(13-19(15)28-22(31)16-7-3-2-4-8-16)23(32)30-25-29-20(14-34-25)18-9-5-6-10-21(18)33-24(26)27/h2-14,24H,1H3,(H,28,31)(H,29,30,32). The van der Waals surface area contributed by atoms with Crippen LogP contribution in [0.5, 0.6) is 5.75 Å². The van der Waals surface area contributed by atoms with Crippen molar-refractivity contribution in [2.75, 3.05) is 10.6 Å². The summed E-state index contributed by atoms with van der Waals surface area (Å²) < 4.78 is 29.9. The SMILES string of the molecule is Cc1ccc(C(=O)Nc2nc(-c3ccccc3OC(F)F)cs2)cc1NC(=O)c1ccccc1. The number of alkyl halides is 2. The van der Waals surface area contributed by atoms with Gasteiger partial charge in [-0.05, 0) is 48.9 Å². The summed E-state index contributed by atoms with van der Waals surface area (Å²) in [7, 11) is 0. The highest BCUT2D eigenvalue weighted by Crippen LogP contribution is 2.33. The zero-order valence-electron chi connectivity index (χ0n) is 17.9. The third-order valence-electron chi connectivity index (χ3n) is 4.89. The first-order valence-electron chi connectivity index (χ1n) is 10.2. The van der Waals surface area contributed by atoms with Gasteiger partial charge >= 0.3 is 6.61 Å². The molecule has 0 saturated carbocycles. The molecule has 4 rings (SSSR count). The highest BCUT2D eigenvalue weighted by molar-refractivity contribution is 7.14. The molecule has 3 aromatic carbocycles. The molecule has 1 heterocycles. The van der Waals surface area contributed by atoms with Crippen LogP contribution < -0.4 is 15.4 Å². The lowest BCUT2D eigenvalue weighted by Crippen LogP contribution is -2.15. The number of nitrogens with zero attached hydrogens (tertiary/aromatic N) is 1. The summed E-state index contributed by atoms with van der Waals surface area (Å²) >= 11 is 1.15. The topological polar surface area (TPSA) is 80.3 Å². The molecule has 0 fully saturated rings. The maximum atomic E-state index is 12.8. The summed E-state index contributed by atoms with van der Waals surface area (Å²) in [5, 5.41) is 7.47. The van der Waals surface area contributed by atoms with Gasteiger partial charge in [0.05, 0.1) is 5.69 Å². The number of carbonyl (C=O) groups excluding carboxylic acids is 2. The number of hydrogen-bond donors (Lipinski definition) is 2. The summed E-state index contributed by atoms with van der Waals surface area (Å²) in [6.07, 6.45) is 0. The van der Waals surface area contributed by atoms with E-state index in [0.717, 1.165) is 16.9 Å². The predicted octanol–water partition coefficient (Wildman–Crippen LogP) is 6.22. The number of aromatic nitrogens is 1. The van der Waals surface area contributed by atoms with Crippen LogP contribution in [-0.4, -0.2) is 23.4 Å². The van der Waals surface area contributed by atoms with E-state index in [-0.39, 0.29) is 11.7 Å².